The van der Waals surface area contributed by atoms with Crippen molar-refractivity contribution in [3.63, 3.8) is 0 Å². The second-order valence-corrected chi connectivity index (χ2v) is 3.67. The zero-order valence-corrected chi connectivity index (χ0v) is 12.0. The molecule has 16 heavy (non-hydrogen) atoms. The smallest absolute Gasteiger partial charge is 0.0436 e. The zero-order chi connectivity index (χ0) is 13.4. The van der Waals surface area contributed by atoms with Crippen molar-refractivity contribution in [2.24, 2.45) is 16.5 Å². The third-order valence-electron chi connectivity index (χ3n) is 2.01. The molecule has 0 amide bonds. The monoisotopic (exact) mass is 231 g/mol. The molecule has 0 spiro atoms. The first-order chi connectivity index (χ1) is 7.66. The molecule has 1 aliphatic rings. The lowest BCUT2D eigenvalue weighted by Gasteiger charge is -2.15. The molecule has 0 unspecified atom stereocenters. The van der Waals surface area contributed by atoms with E-state index in [-0.39, 0.29) is 0 Å². The van der Waals surface area contributed by atoms with E-state index in [0.29, 0.717) is 12.1 Å². The van der Waals surface area contributed by atoms with Crippen molar-refractivity contribution in [1.29, 1.82) is 0 Å². The molecule has 0 radical (unpaired) electrons. The van der Waals surface area contributed by atoms with Crippen LogP contribution in [0.1, 0.15) is 59.8 Å². The number of aliphatic imine (C=N–C) groups is 1. The fourth-order valence-electron chi connectivity index (χ4n) is 1.13. The van der Waals surface area contributed by atoms with Gasteiger partial charge in [0.15, 0.2) is 0 Å². The lowest BCUT2D eigenvalue weighted by atomic mass is 9.97. The first-order valence-corrected chi connectivity index (χ1v) is 6.46. The molecule has 3 heteroatoms. The maximum absolute atomic E-state index is 5.63. The minimum absolute atomic E-state index is 0.398. The van der Waals surface area contributed by atoms with Gasteiger partial charge < -0.3 is 11.5 Å². The van der Waals surface area contributed by atoms with Crippen LogP contribution in [0, 0.1) is 0 Å². The van der Waals surface area contributed by atoms with Gasteiger partial charge in [0.1, 0.15) is 0 Å². The van der Waals surface area contributed by atoms with Crippen molar-refractivity contribution in [3.05, 3.63) is 0 Å². The van der Waals surface area contributed by atoms with Crippen molar-refractivity contribution in [2.75, 3.05) is 7.05 Å². The molecule has 0 aromatic heterocycles. The van der Waals surface area contributed by atoms with Gasteiger partial charge in [0, 0.05) is 12.1 Å². The van der Waals surface area contributed by atoms with Crippen molar-refractivity contribution < 1.29 is 0 Å². The molecule has 0 atom stereocenters. The van der Waals surface area contributed by atoms with E-state index in [9.17, 15) is 0 Å². The molecule has 1 aliphatic carbocycles. The van der Waals surface area contributed by atoms with E-state index < -0.39 is 0 Å². The van der Waals surface area contributed by atoms with Gasteiger partial charge >= 0.3 is 0 Å². The average Bonchev–Trinajstić information content (AvgIpc) is 2.36. The van der Waals surface area contributed by atoms with E-state index in [1.807, 2.05) is 27.7 Å². The molecule has 1 fully saturated rings. The Kier molecular flexibility index (Phi) is 26.2. The largest absolute Gasteiger partial charge is 0.333 e. The van der Waals surface area contributed by atoms with Crippen LogP contribution in [0.15, 0.2) is 4.99 Å². The van der Waals surface area contributed by atoms with Gasteiger partial charge in [0.25, 0.3) is 0 Å². The summed E-state index contributed by atoms with van der Waals surface area (Å²) in [6.07, 6.45) is 6.66. The van der Waals surface area contributed by atoms with Gasteiger partial charge in [-0.2, -0.15) is 0 Å². The maximum Gasteiger partial charge on any atom is 0.0436 e. The van der Waals surface area contributed by atoms with Gasteiger partial charge in [-0.3, -0.25) is 4.99 Å². The number of hydrogen-bond donors (Lipinski definition) is 2. The zero-order valence-electron chi connectivity index (χ0n) is 12.0. The summed E-state index contributed by atoms with van der Waals surface area (Å²) in [5.74, 6) is 0. The SMILES string of the molecule is C=NC(C)C.CC.CN.NC1CCCCC1. The van der Waals surface area contributed by atoms with Crippen LogP contribution in [-0.4, -0.2) is 25.8 Å². The van der Waals surface area contributed by atoms with Gasteiger partial charge in [-0.05, 0) is 40.5 Å². The van der Waals surface area contributed by atoms with E-state index in [1.54, 1.807) is 0 Å². The molecule has 100 valence electrons. The molecule has 0 aromatic carbocycles. The summed E-state index contributed by atoms with van der Waals surface area (Å²) in [5.41, 5.74) is 10.1. The maximum atomic E-state index is 5.63. The van der Waals surface area contributed by atoms with E-state index in [1.165, 1.54) is 39.2 Å². The summed E-state index contributed by atoms with van der Waals surface area (Å²) >= 11 is 0. The number of rotatable bonds is 1. The highest BCUT2D eigenvalue weighted by molar-refractivity contribution is 5.23. The van der Waals surface area contributed by atoms with E-state index in [0.717, 1.165) is 0 Å². The summed E-state index contributed by atoms with van der Waals surface area (Å²) in [4.78, 5) is 3.64. The summed E-state index contributed by atoms with van der Waals surface area (Å²) in [5, 5.41) is 0. The Morgan fingerprint density at radius 3 is 1.50 bits per heavy atom. The quantitative estimate of drug-likeness (QED) is 0.681. The number of nitrogens with zero attached hydrogens (tertiary/aromatic N) is 1. The molecule has 1 rings (SSSR count). The van der Waals surface area contributed by atoms with Crippen molar-refractivity contribution in [3.8, 4) is 0 Å². The van der Waals surface area contributed by atoms with Crippen LogP contribution in [0.25, 0.3) is 0 Å². The predicted molar refractivity (Wildman–Crippen MR) is 77.2 cm³/mol. The molecule has 3 nitrogen and oxygen atoms in total. The minimum atomic E-state index is 0.398. The molecular weight excluding hydrogens is 198 g/mol. The Hall–Kier alpha value is -0.410. The number of hydrogen-bond acceptors (Lipinski definition) is 3. The molecule has 0 heterocycles. The topological polar surface area (TPSA) is 64.4 Å². The van der Waals surface area contributed by atoms with Crippen LogP contribution in [0.5, 0.6) is 0 Å². The van der Waals surface area contributed by atoms with E-state index in [4.69, 9.17) is 5.73 Å². The molecule has 0 aliphatic heterocycles. The third kappa shape index (κ3) is 23.4. The van der Waals surface area contributed by atoms with E-state index >= 15 is 0 Å². The molecule has 1 saturated carbocycles. The second kappa shape index (κ2) is 20.1. The molecule has 0 saturated heterocycles. The second-order valence-electron chi connectivity index (χ2n) is 3.67. The van der Waals surface area contributed by atoms with Gasteiger partial charge in [0.05, 0.1) is 0 Å². The highest BCUT2D eigenvalue weighted by atomic mass is 14.7. The molecule has 0 bridgehead atoms. The Bertz CT molecular complexity index is 108. The van der Waals surface area contributed by atoms with Gasteiger partial charge in [0.2, 0.25) is 0 Å². The Morgan fingerprint density at radius 1 is 1.06 bits per heavy atom. The van der Waals surface area contributed by atoms with Crippen LogP contribution in [0.2, 0.25) is 0 Å². The van der Waals surface area contributed by atoms with Crippen LogP contribution in [-0.2, 0) is 0 Å². The Morgan fingerprint density at radius 2 is 1.38 bits per heavy atom. The van der Waals surface area contributed by atoms with Crippen LogP contribution in [0.4, 0.5) is 0 Å². The fraction of sp³-hybridized carbons (Fsp3) is 0.923. The van der Waals surface area contributed by atoms with Crippen LogP contribution in [0.3, 0.4) is 0 Å². The lowest BCUT2D eigenvalue weighted by molar-refractivity contribution is 0.441. The van der Waals surface area contributed by atoms with Gasteiger partial charge in [-0.25, -0.2) is 0 Å². The highest BCUT2D eigenvalue weighted by Crippen LogP contribution is 2.14. The minimum Gasteiger partial charge on any atom is -0.333 e. The van der Waals surface area contributed by atoms with Gasteiger partial charge in [-0.15, -0.1) is 0 Å². The predicted octanol–water partition coefficient (Wildman–Crippen LogP) is 2.97. The Balaban J connectivity index is -0.000000167. The fourth-order valence-corrected chi connectivity index (χ4v) is 1.13. The summed E-state index contributed by atoms with van der Waals surface area (Å²) in [7, 11) is 1.50. The lowest BCUT2D eigenvalue weighted by Crippen LogP contribution is -2.22. The standard InChI is InChI=1S/C6H13N.C4H9N.C2H6.CH5N/c7-6-4-2-1-3-5-6;1-4(2)5-3;2*1-2/h6H,1-5,7H2;4H,3H2,1-2H3;1-2H3;2H2,1H3. The molecule has 4 N–H and O–H groups in total. The van der Waals surface area contributed by atoms with Crippen LogP contribution >= 0.6 is 0 Å². The normalized spacial score (nSPS) is 14.5. The number of nitrogens with two attached hydrogens (primary N) is 2. The summed E-state index contributed by atoms with van der Waals surface area (Å²) < 4.78 is 0. The summed E-state index contributed by atoms with van der Waals surface area (Å²) in [6.45, 7) is 11.3. The first kappa shape index (κ1) is 20.9. The molecule has 0 aromatic rings. The molecular formula is C13H33N3. The third-order valence-corrected chi connectivity index (χ3v) is 2.01. The Labute approximate surface area is 103 Å². The van der Waals surface area contributed by atoms with Gasteiger partial charge in [-0.1, -0.05) is 33.1 Å². The van der Waals surface area contributed by atoms with Crippen molar-refractivity contribution in [2.45, 2.75) is 71.9 Å². The highest BCUT2D eigenvalue weighted by Gasteiger charge is 2.06. The van der Waals surface area contributed by atoms with Crippen molar-refractivity contribution in [1.82, 2.24) is 0 Å². The average molecular weight is 231 g/mol. The first-order valence-electron chi connectivity index (χ1n) is 6.46. The van der Waals surface area contributed by atoms with Crippen LogP contribution < -0.4 is 11.5 Å². The van der Waals surface area contributed by atoms with Crippen molar-refractivity contribution >= 4 is 6.72 Å². The summed E-state index contributed by atoms with van der Waals surface area (Å²) in [6, 6.07) is 0.934. The van der Waals surface area contributed by atoms with E-state index in [2.05, 4.69) is 17.4 Å².